The molecule has 2 aromatic heterocycles. The number of aromatic nitrogens is 4. The summed E-state index contributed by atoms with van der Waals surface area (Å²) in [4.78, 5) is 31.0. The number of carbonyl (C=O) groups excluding carboxylic acids is 1. The molecule has 148 valence electrons. The summed E-state index contributed by atoms with van der Waals surface area (Å²) in [6.07, 6.45) is 5.09. The van der Waals surface area contributed by atoms with Crippen molar-refractivity contribution < 1.29 is 9.72 Å². The molecule has 0 bridgehead atoms. The average Bonchev–Trinajstić information content (AvgIpc) is 3.28. The summed E-state index contributed by atoms with van der Waals surface area (Å²) in [5, 5.41) is 20.0. The molecule has 0 atom stereocenters. The Bertz CT molecular complexity index is 1030. The summed E-state index contributed by atoms with van der Waals surface area (Å²) in [6, 6.07) is 7.71. The van der Waals surface area contributed by atoms with Crippen LogP contribution in [-0.2, 0) is 0 Å². The Balaban J connectivity index is 1.44. The quantitative estimate of drug-likeness (QED) is 0.476. The molecular formula is C18H16ClN7O3. The van der Waals surface area contributed by atoms with Gasteiger partial charge in [0.2, 0.25) is 0 Å². The Morgan fingerprint density at radius 3 is 2.41 bits per heavy atom. The first kappa shape index (κ1) is 18.8. The number of nitro groups is 1. The number of nitro benzene ring substituents is 1. The van der Waals surface area contributed by atoms with Gasteiger partial charge in [-0.1, -0.05) is 11.6 Å². The van der Waals surface area contributed by atoms with E-state index in [1.54, 1.807) is 28.2 Å². The molecule has 10 nitrogen and oxygen atoms in total. The number of hydrogen-bond donors (Lipinski definition) is 0. The van der Waals surface area contributed by atoms with Crippen molar-refractivity contribution in [3.05, 3.63) is 69.8 Å². The highest BCUT2D eigenvalue weighted by atomic mass is 35.5. The summed E-state index contributed by atoms with van der Waals surface area (Å²) < 4.78 is 1.76. The van der Waals surface area contributed by atoms with Crippen LogP contribution in [0.1, 0.15) is 10.4 Å². The lowest BCUT2D eigenvalue weighted by Crippen LogP contribution is -2.49. The van der Waals surface area contributed by atoms with Gasteiger partial charge in [0.25, 0.3) is 11.6 Å². The fourth-order valence-electron chi connectivity index (χ4n) is 3.17. The summed E-state index contributed by atoms with van der Waals surface area (Å²) in [5.74, 6) is 0.961. The number of imidazole rings is 1. The Morgan fingerprint density at radius 1 is 1.07 bits per heavy atom. The zero-order valence-corrected chi connectivity index (χ0v) is 15.9. The molecule has 3 aromatic rings. The van der Waals surface area contributed by atoms with E-state index in [4.69, 9.17) is 11.6 Å². The van der Waals surface area contributed by atoms with Gasteiger partial charge in [-0.2, -0.15) is 0 Å². The Hall–Kier alpha value is -3.53. The monoisotopic (exact) mass is 413 g/mol. The van der Waals surface area contributed by atoms with E-state index < -0.39 is 10.8 Å². The van der Waals surface area contributed by atoms with E-state index >= 15 is 0 Å². The minimum Gasteiger partial charge on any atom is -0.352 e. The van der Waals surface area contributed by atoms with Crippen LogP contribution in [0.25, 0.3) is 5.82 Å². The fraction of sp³-hybridized carbons (Fsp3) is 0.222. The van der Waals surface area contributed by atoms with Crippen molar-refractivity contribution in [3.63, 3.8) is 0 Å². The average molecular weight is 414 g/mol. The van der Waals surface area contributed by atoms with Crippen LogP contribution >= 0.6 is 11.6 Å². The number of piperazine rings is 1. The first-order valence-corrected chi connectivity index (χ1v) is 9.21. The van der Waals surface area contributed by atoms with E-state index in [0.29, 0.717) is 37.8 Å². The SMILES string of the molecule is O=C(c1cc(Cl)ccc1[N+](=O)[O-])N1CCN(c2ccc(-n3ccnc3)nn2)CC1. The van der Waals surface area contributed by atoms with E-state index in [1.165, 1.54) is 18.2 Å². The van der Waals surface area contributed by atoms with Gasteiger partial charge >= 0.3 is 0 Å². The number of benzene rings is 1. The second-order valence-corrected chi connectivity index (χ2v) is 6.85. The molecule has 1 saturated heterocycles. The highest BCUT2D eigenvalue weighted by molar-refractivity contribution is 6.31. The van der Waals surface area contributed by atoms with Gasteiger partial charge in [-0.3, -0.25) is 19.5 Å². The number of amides is 1. The standard InChI is InChI=1S/C18H16ClN7O3/c19-13-1-2-15(26(28)29)14(11-13)18(27)24-9-7-23(8-10-24)16-3-4-17(22-21-16)25-6-5-20-12-25/h1-6,11-12H,7-10H2. The molecule has 0 N–H and O–H groups in total. The van der Waals surface area contributed by atoms with Crippen molar-refractivity contribution in [1.29, 1.82) is 0 Å². The normalized spacial score (nSPS) is 14.1. The Morgan fingerprint density at radius 2 is 1.79 bits per heavy atom. The van der Waals surface area contributed by atoms with Crippen LogP contribution in [-0.4, -0.2) is 61.7 Å². The topological polar surface area (TPSA) is 110 Å². The van der Waals surface area contributed by atoms with Crippen LogP contribution in [0.2, 0.25) is 5.02 Å². The zero-order chi connectivity index (χ0) is 20.4. The summed E-state index contributed by atoms with van der Waals surface area (Å²) in [7, 11) is 0. The van der Waals surface area contributed by atoms with E-state index in [-0.39, 0.29) is 16.3 Å². The van der Waals surface area contributed by atoms with Crippen molar-refractivity contribution in [3.8, 4) is 5.82 Å². The van der Waals surface area contributed by atoms with Crippen molar-refractivity contribution in [2.24, 2.45) is 0 Å². The summed E-state index contributed by atoms with van der Waals surface area (Å²) in [6.45, 7) is 1.90. The second-order valence-electron chi connectivity index (χ2n) is 6.42. The lowest BCUT2D eigenvalue weighted by atomic mass is 10.1. The maximum atomic E-state index is 12.8. The number of anilines is 1. The van der Waals surface area contributed by atoms with Crippen molar-refractivity contribution in [2.75, 3.05) is 31.1 Å². The molecule has 4 rings (SSSR count). The highest BCUT2D eigenvalue weighted by Crippen LogP contribution is 2.25. The number of carbonyl (C=O) groups is 1. The largest absolute Gasteiger partial charge is 0.352 e. The van der Waals surface area contributed by atoms with E-state index in [1.807, 2.05) is 17.0 Å². The van der Waals surface area contributed by atoms with Crippen LogP contribution in [0.5, 0.6) is 0 Å². The van der Waals surface area contributed by atoms with Crippen LogP contribution < -0.4 is 4.90 Å². The smallest absolute Gasteiger partial charge is 0.282 e. The molecular weight excluding hydrogens is 398 g/mol. The van der Waals surface area contributed by atoms with Gasteiger partial charge in [0, 0.05) is 49.7 Å². The molecule has 0 saturated carbocycles. The fourth-order valence-corrected chi connectivity index (χ4v) is 3.34. The molecule has 1 fully saturated rings. The predicted molar refractivity (Wildman–Crippen MR) is 105 cm³/mol. The third-order valence-corrected chi connectivity index (χ3v) is 4.92. The van der Waals surface area contributed by atoms with Gasteiger partial charge in [-0.15, -0.1) is 10.2 Å². The van der Waals surface area contributed by atoms with Crippen LogP contribution in [0.15, 0.2) is 49.1 Å². The van der Waals surface area contributed by atoms with Crippen molar-refractivity contribution in [2.45, 2.75) is 0 Å². The molecule has 1 aliphatic rings. The van der Waals surface area contributed by atoms with Gasteiger partial charge in [-0.05, 0) is 24.3 Å². The van der Waals surface area contributed by atoms with Crippen LogP contribution in [0.3, 0.4) is 0 Å². The number of hydrogen-bond acceptors (Lipinski definition) is 7. The maximum absolute atomic E-state index is 12.8. The first-order valence-electron chi connectivity index (χ1n) is 8.83. The second kappa shape index (κ2) is 7.84. The molecule has 1 amide bonds. The first-order chi connectivity index (χ1) is 14.0. The van der Waals surface area contributed by atoms with Crippen molar-refractivity contribution >= 4 is 29.0 Å². The van der Waals surface area contributed by atoms with Gasteiger partial charge in [-0.25, -0.2) is 4.98 Å². The number of nitrogens with zero attached hydrogens (tertiary/aromatic N) is 7. The third kappa shape index (κ3) is 3.87. The highest BCUT2D eigenvalue weighted by Gasteiger charge is 2.28. The molecule has 3 heterocycles. The molecule has 0 unspecified atom stereocenters. The van der Waals surface area contributed by atoms with Crippen LogP contribution in [0, 0.1) is 10.1 Å². The molecule has 29 heavy (non-hydrogen) atoms. The maximum Gasteiger partial charge on any atom is 0.282 e. The number of halogens is 1. The number of rotatable bonds is 4. The zero-order valence-electron chi connectivity index (χ0n) is 15.2. The molecule has 11 heteroatoms. The molecule has 1 aromatic carbocycles. The molecule has 0 radical (unpaired) electrons. The Kier molecular flexibility index (Phi) is 5.09. The van der Waals surface area contributed by atoms with Gasteiger partial charge in [0.15, 0.2) is 11.6 Å². The predicted octanol–water partition coefficient (Wildman–Crippen LogP) is 2.19. The van der Waals surface area contributed by atoms with Crippen LogP contribution in [0.4, 0.5) is 11.5 Å². The van der Waals surface area contributed by atoms with E-state index in [0.717, 1.165) is 0 Å². The lowest BCUT2D eigenvalue weighted by molar-refractivity contribution is -0.385. The van der Waals surface area contributed by atoms with E-state index in [2.05, 4.69) is 15.2 Å². The minimum absolute atomic E-state index is 0.000395. The van der Waals surface area contributed by atoms with Gasteiger partial charge < -0.3 is 9.80 Å². The van der Waals surface area contributed by atoms with Gasteiger partial charge in [0.05, 0.1) is 4.92 Å². The lowest BCUT2D eigenvalue weighted by Gasteiger charge is -2.35. The van der Waals surface area contributed by atoms with Gasteiger partial charge in [0.1, 0.15) is 11.9 Å². The summed E-state index contributed by atoms with van der Waals surface area (Å²) in [5.41, 5.74) is -0.247. The molecule has 1 aliphatic heterocycles. The molecule has 0 aliphatic carbocycles. The minimum atomic E-state index is -0.572. The third-order valence-electron chi connectivity index (χ3n) is 4.68. The molecule has 0 spiro atoms. The summed E-state index contributed by atoms with van der Waals surface area (Å²) >= 11 is 5.94. The van der Waals surface area contributed by atoms with E-state index in [9.17, 15) is 14.9 Å². The van der Waals surface area contributed by atoms with Crippen molar-refractivity contribution in [1.82, 2.24) is 24.6 Å². The Labute approximate surface area is 170 Å².